The topological polar surface area (TPSA) is 60.2 Å². The normalized spacial score (nSPS) is 12.8. The summed E-state index contributed by atoms with van der Waals surface area (Å²) in [5, 5.41) is 0. The summed E-state index contributed by atoms with van der Waals surface area (Å²) in [6.07, 6.45) is 0.445. The Morgan fingerprint density at radius 1 is 1.88 bits per heavy atom. The van der Waals surface area contributed by atoms with E-state index < -0.39 is 6.04 Å². The van der Waals surface area contributed by atoms with Crippen molar-refractivity contribution in [3.05, 3.63) is 0 Å². The zero-order valence-corrected chi connectivity index (χ0v) is 6.29. The molecule has 3 nitrogen and oxygen atoms in total. The molecule has 0 aromatic carbocycles. The number of ketones is 1. The third kappa shape index (κ3) is 2.37. The molecule has 0 amide bonds. The quantitative estimate of drug-likeness (QED) is 0.306. The molecule has 1 atom stereocenters. The lowest BCUT2D eigenvalue weighted by Gasteiger charge is -1.94. The SMILES string of the molecule is NC(C=O)C(=O)CI. The Kier molecular flexibility index (Phi) is 3.98. The number of hydrogen-bond donors (Lipinski definition) is 1. The molecule has 46 valence electrons. The summed E-state index contributed by atoms with van der Waals surface area (Å²) < 4.78 is 0.303. The molecular weight excluding hydrogens is 221 g/mol. The number of Topliss-reactive ketones (excluding diaryl/α,β-unsaturated/α-hetero) is 1. The largest absolute Gasteiger partial charge is 0.316 e. The molecule has 0 aliphatic carbocycles. The van der Waals surface area contributed by atoms with Crippen molar-refractivity contribution < 1.29 is 9.59 Å². The minimum absolute atomic E-state index is 0.222. The Morgan fingerprint density at radius 2 is 2.38 bits per heavy atom. The Hall–Kier alpha value is 0.0300. The van der Waals surface area contributed by atoms with Gasteiger partial charge in [0, 0.05) is 0 Å². The second kappa shape index (κ2) is 3.96. The predicted octanol–water partition coefficient (Wildman–Crippen LogP) is -0.483. The molecule has 0 saturated heterocycles. The Balaban J connectivity index is 3.62. The summed E-state index contributed by atoms with van der Waals surface area (Å²) in [5.41, 5.74) is 5.00. The molecule has 0 aromatic rings. The number of hydrogen-bond acceptors (Lipinski definition) is 3. The van der Waals surface area contributed by atoms with Gasteiger partial charge >= 0.3 is 0 Å². The van der Waals surface area contributed by atoms with Crippen molar-refractivity contribution in [2.45, 2.75) is 6.04 Å². The molecule has 0 rings (SSSR count). The van der Waals surface area contributed by atoms with E-state index in [2.05, 4.69) is 0 Å². The fourth-order valence-corrected chi connectivity index (χ4v) is 0.674. The summed E-state index contributed by atoms with van der Waals surface area (Å²) in [4.78, 5) is 20.1. The van der Waals surface area contributed by atoms with E-state index in [1.165, 1.54) is 0 Å². The summed E-state index contributed by atoms with van der Waals surface area (Å²) >= 11 is 1.86. The molecule has 0 fully saturated rings. The highest BCUT2D eigenvalue weighted by Crippen LogP contribution is 1.84. The van der Waals surface area contributed by atoms with Crippen LogP contribution in [0.2, 0.25) is 0 Å². The van der Waals surface area contributed by atoms with Gasteiger partial charge in [-0.3, -0.25) is 4.79 Å². The predicted molar refractivity (Wildman–Crippen MR) is 37.9 cm³/mol. The van der Waals surface area contributed by atoms with Crippen LogP contribution in [0.3, 0.4) is 0 Å². The number of halogens is 1. The standard InChI is InChI=1S/C4H6INO2/c5-1-4(8)3(6)2-7/h2-3H,1,6H2. The van der Waals surface area contributed by atoms with Crippen LogP contribution >= 0.6 is 22.6 Å². The van der Waals surface area contributed by atoms with Crippen LogP contribution in [0, 0.1) is 0 Å². The van der Waals surface area contributed by atoms with Gasteiger partial charge in [0.15, 0.2) is 5.78 Å². The lowest BCUT2D eigenvalue weighted by Crippen LogP contribution is -2.32. The Bertz CT molecular complexity index is 104. The first-order valence-electron chi connectivity index (χ1n) is 2.02. The van der Waals surface area contributed by atoms with E-state index in [1.54, 1.807) is 0 Å². The molecule has 0 bridgehead atoms. The van der Waals surface area contributed by atoms with Crippen LogP contribution in [0.4, 0.5) is 0 Å². The van der Waals surface area contributed by atoms with Gasteiger partial charge in [-0.05, 0) is 0 Å². The molecule has 4 heteroatoms. The van der Waals surface area contributed by atoms with Crippen molar-refractivity contribution in [1.82, 2.24) is 0 Å². The maximum atomic E-state index is 10.4. The Morgan fingerprint density at radius 3 is 2.50 bits per heavy atom. The van der Waals surface area contributed by atoms with Gasteiger partial charge in [0.25, 0.3) is 0 Å². The van der Waals surface area contributed by atoms with Gasteiger partial charge in [-0.25, -0.2) is 0 Å². The number of nitrogens with two attached hydrogens (primary N) is 1. The summed E-state index contributed by atoms with van der Waals surface area (Å²) in [6.45, 7) is 0. The van der Waals surface area contributed by atoms with Crippen molar-refractivity contribution in [3.63, 3.8) is 0 Å². The van der Waals surface area contributed by atoms with E-state index in [-0.39, 0.29) is 5.78 Å². The second-order valence-electron chi connectivity index (χ2n) is 1.26. The molecule has 0 radical (unpaired) electrons. The van der Waals surface area contributed by atoms with Crippen LogP contribution in [0.25, 0.3) is 0 Å². The highest BCUT2D eigenvalue weighted by atomic mass is 127. The molecule has 2 N–H and O–H groups in total. The maximum absolute atomic E-state index is 10.4. The van der Waals surface area contributed by atoms with Gasteiger partial charge in [-0.2, -0.15) is 0 Å². The number of rotatable bonds is 3. The fraction of sp³-hybridized carbons (Fsp3) is 0.500. The van der Waals surface area contributed by atoms with Gasteiger partial charge < -0.3 is 10.5 Å². The van der Waals surface area contributed by atoms with Gasteiger partial charge in [-0.1, -0.05) is 22.6 Å². The molecule has 0 saturated carbocycles. The van der Waals surface area contributed by atoms with E-state index in [9.17, 15) is 9.59 Å². The minimum atomic E-state index is -0.910. The van der Waals surface area contributed by atoms with E-state index in [4.69, 9.17) is 5.73 Å². The van der Waals surface area contributed by atoms with Crippen molar-refractivity contribution in [3.8, 4) is 0 Å². The number of aldehydes is 1. The van der Waals surface area contributed by atoms with Crippen LogP contribution < -0.4 is 5.73 Å². The van der Waals surface area contributed by atoms with E-state index in [0.717, 1.165) is 0 Å². The number of carbonyl (C=O) groups is 2. The van der Waals surface area contributed by atoms with Crippen molar-refractivity contribution in [2.24, 2.45) is 5.73 Å². The molecule has 0 aliphatic rings. The minimum Gasteiger partial charge on any atom is -0.316 e. The van der Waals surface area contributed by atoms with Gasteiger partial charge in [0.1, 0.15) is 12.3 Å². The second-order valence-corrected chi connectivity index (χ2v) is 2.02. The molecule has 0 spiro atoms. The van der Waals surface area contributed by atoms with E-state index in [0.29, 0.717) is 10.7 Å². The molecule has 1 unspecified atom stereocenters. The number of alkyl halides is 1. The lowest BCUT2D eigenvalue weighted by atomic mass is 10.2. The van der Waals surface area contributed by atoms with E-state index in [1.807, 2.05) is 22.6 Å². The summed E-state index contributed by atoms with van der Waals surface area (Å²) in [7, 11) is 0. The van der Waals surface area contributed by atoms with Crippen LogP contribution in [-0.2, 0) is 9.59 Å². The fourth-order valence-electron chi connectivity index (χ4n) is 0.165. The molecule has 0 aliphatic heterocycles. The van der Waals surface area contributed by atoms with Crippen LogP contribution in [0.1, 0.15) is 0 Å². The first-order valence-corrected chi connectivity index (χ1v) is 3.54. The average molecular weight is 227 g/mol. The average Bonchev–Trinajstić information content (AvgIpc) is 1.84. The molecule has 0 aromatic heterocycles. The highest BCUT2D eigenvalue weighted by Gasteiger charge is 2.08. The molecule has 0 heterocycles. The molecule has 8 heavy (non-hydrogen) atoms. The first-order chi connectivity index (χ1) is 3.72. The molecular formula is C4H6INO2. The Labute approximate surface area is 60.8 Å². The van der Waals surface area contributed by atoms with E-state index >= 15 is 0 Å². The zero-order valence-electron chi connectivity index (χ0n) is 4.13. The maximum Gasteiger partial charge on any atom is 0.166 e. The van der Waals surface area contributed by atoms with Crippen molar-refractivity contribution in [1.29, 1.82) is 0 Å². The van der Waals surface area contributed by atoms with Gasteiger partial charge in [-0.15, -0.1) is 0 Å². The monoisotopic (exact) mass is 227 g/mol. The zero-order chi connectivity index (χ0) is 6.57. The van der Waals surface area contributed by atoms with Crippen LogP contribution in [0.5, 0.6) is 0 Å². The van der Waals surface area contributed by atoms with Gasteiger partial charge in [0.2, 0.25) is 0 Å². The summed E-state index contributed by atoms with van der Waals surface area (Å²) in [5.74, 6) is -0.222. The number of carbonyl (C=O) groups excluding carboxylic acids is 2. The summed E-state index contributed by atoms with van der Waals surface area (Å²) in [6, 6.07) is -0.910. The third-order valence-electron chi connectivity index (χ3n) is 0.650. The van der Waals surface area contributed by atoms with Gasteiger partial charge in [0.05, 0.1) is 4.43 Å². The highest BCUT2D eigenvalue weighted by molar-refractivity contribution is 14.1. The third-order valence-corrected chi connectivity index (χ3v) is 1.40. The lowest BCUT2D eigenvalue weighted by molar-refractivity contribution is -0.121. The van der Waals surface area contributed by atoms with Crippen LogP contribution in [-0.4, -0.2) is 22.5 Å². The smallest absolute Gasteiger partial charge is 0.166 e. The van der Waals surface area contributed by atoms with Crippen molar-refractivity contribution in [2.75, 3.05) is 4.43 Å². The van der Waals surface area contributed by atoms with Crippen molar-refractivity contribution >= 4 is 34.7 Å². The first kappa shape index (κ1) is 8.03. The van der Waals surface area contributed by atoms with Crippen LogP contribution in [0.15, 0.2) is 0 Å².